The number of halogens is 2. The number of carbonyl (C=O) groups is 2. The minimum atomic E-state index is -3.68. The maximum absolute atomic E-state index is 13.9. The largest absolute Gasteiger partial charge is 0.484 e. The maximum atomic E-state index is 13.9. The first-order valence-electron chi connectivity index (χ1n) is 15.1. The monoisotopic (exact) mass is 695 g/mol. The Bertz CT molecular complexity index is 1750. The molecule has 4 aromatic rings. The molecule has 1 aliphatic heterocycles. The molecule has 9 nitrogen and oxygen atoms in total. The average Bonchev–Trinajstić information content (AvgIpc) is 3.10. The Morgan fingerprint density at radius 3 is 2.19 bits per heavy atom. The van der Waals surface area contributed by atoms with Crippen LogP contribution >= 0.6 is 23.2 Å². The second kappa shape index (κ2) is 16.3. The summed E-state index contributed by atoms with van der Waals surface area (Å²) >= 11 is 12.5. The van der Waals surface area contributed by atoms with Crippen molar-refractivity contribution in [2.24, 2.45) is 0 Å². The molecule has 12 heteroatoms. The van der Waals surface area contributed by atoms with E-state index in [0.29, 0.717) is 29.0 Å². The van der Waals surface area contributed by atoms with Gasteiger partial charge in [-0.05, 0) is 59.2 Å². The van der Waals surface area contributed by atoms with E-state index in [1.807, 2.05) is 48.5 Å². The first-order valence-corrected chi connectivity index (χ1v) is 17.3. The van der Waals surface area contributed by atoms with Crippen molar-refractivity contribution in [2.75, 3.05) is 32.9 Å². The fourth-order valence-electron chi connectivity index (χ4n) is 5.15. The molecule has 1 fully saturated rings. The molecule has 1 atom stereocenters. The van der Waals surface area contributed by atoms with Crippen LogP contribution in [-0.2, 0) is 43.9 Å². The van der Waals surface area contributed by atoms with Crippen LogP contribution in [0.15, 0.2) is 108 Å². The molecule has 1 saturated heterocycles. The number of hydrogen-bond acceptors (Lipinski definition) is 6. The van der Waals surface area contributed by atoms with Crippen LogP contribution in [-0.4, -0.2) is 68.4 Å². The molecular formula is C35H35Cl2N3O6S. The molecule has 0 bridgehead atoms. The SMILES string of the molecule is O=C(NCc1ccccc1Cl)[C@@H](Cc1ccccc1)N(Cc1ccc(Cl)cc1)C(=O)COc1ccc(S(=O)(=O)N2CCOCC2)cc1. The molecule has 2 amide bonds. The zero-order valence-electron chi connectivity index (χ0n) is 25.6. The van der Waals surface area contributed by atoms with Gasteiger partial charge in [0.2, 0.25) is 15.9 Å². The van der Waals surface area contributed by atoms with Crippen molar-refractivity contribution < 1.29 is 27.5 Å². The molecule has 246 valence electrons. The molecular weight excluding hydrogens is 661 g/mol. The van der Waals surface area contributed by atoms with Crippen LogP contribution in [0.2, 0.25) is 10.0 Å². The molecule has 0 saturated carbocycles. The third-order valence-electron chi connectivity index (χ3n) is 7.74. The molecule has 1 heterocycles. The number of nitrogens with one attached hydrogen (secondary N) is 1. The van der Waals surface area contributed by atoms with E-state index in [1.54, 1.807) is 30.3 Å². The summed E-state index contributed by atoms with van der Waals surface area (Å²) in [5.74, 6) is -0.471. The normalized spacial score (nSPS) is 14.3. The van der Waals surface area contributed by atoms with Gasteiger partial charge in [0, 0.05) is 42.6 Å². The molecule has 1 aliphatic rings. The number of ether oxygens (including phenoxy) is 2. The van der Waals surface area contributed by atoms with E-state index in [-0.39, 0.29) is 50.0 Å². The van der Waals surface area contributed by atoms with Crippen molar-refractivity contribution in [3.63, 3.8) is 0 Å². The van der Waals surface area contributed by atoms with E-state index in [4.69, 9.17) is 32.7 Å². The lowest BCUT2D eigenvalue weighted by Crippen LogP contribution is -2.51. The number of amides is 2. The van der Waals surface area contributed by atoms with Crippen molar-refractivity contribution in [3.8, 4) is 5.75 Å². The number of hydrogen-bond donors (Lipinski definition) is 1. The van der Waals surface area contributed by atoms with Gasteiger partial charge in [0.25, 0.3) is 5.91 Å². The molecule has 4 aromatic carbocycles. The number of rotatable bonds is 13. The first-order chi connectivity index (χ1) is 22.7. The average molecular weight is 697 g/mol. The van der Waals surface area contributed by atoms with Crippen LogP contribution in [0.3, 0.4) is 0 Å². The smallest absolute Gasteiger partial charge is 0.261 e. The highest BCUT2D eigenvalue weighted by Crippen LogP contribution is 2.22. The second-order valence-corrected chi connectivity index (χ2v) is 13.7. The molecule has 0 aromatic heterocycles. The number of nitrogens with zero attached hydrogens (tertiary/aromatic N) is 2. The van der Waals surface area contributed by atoms with Crippen LogP contribution in [0.1, 0.15) is 16.7 Å². The van der Waals surface area contributed by atoms with Gasteiger partial charge in [-0.2, -0.15) is 4.31 Å². The van der Waals surface area contributed by atoms with E-state index in [1.165, 1.54) is 33.5 Å². The zero-order chi connectivity index (χ0) is 33.2. The zero-order valence-corrected chi connectivity index (χ0v) is 27.9. The summed E-state index contributed by atoms with van der Waals surface area (Å²) in [4.78, 5) is 29.4. The third kappa shape index (κ3) is 9.33. The molecule has 1 N–H and O–H groups in total. The van der Waals surface area contributed by atoms with Crippen LogP contribution in [0, 0.1) is 0 Å². The van der Waals surface area contributed by atoms with Gasteiger partial charge in [0.1, 0.15) is 11.8 Å². The number of benzene rings is 4. The van der Waals surface area contributed by atoms with E-state index in [2.05, 4.69) is 5.32 Å². The number of morpholine rings is 1. The van der Waals surface area contributed by atoms with Crippen molar-refractivity contribution in [3.05, 3.63) is 130 Å². The second-order valence-electron chi connectivity index (χ2n) is 10.9. The summed E-state index contributed by atoms with van der Waals surface area (Å²) in [7, 11) is -3.68. The van der Waals surface area contributed by atoms with Gasteiger partial charge in [-0.25, -0.2) is 8.42 Å². The summed E-state index contributed by atoms with van der Waals surface area (Å²) in [6, 6.07) is 28.8. The Balaban J connectivity index is 1.36. The van der Waals surface area contributed by atoms with Gasteiger partial charge in [-0.15, -0.1) is 0 Å². The van der Waals surface area contributed by atoms with Gasteiger partial charge in [-0.1, -0.05) is 83.9 Å². The van der Waals surface area contributed by atoms with Gasteiger partial charge in [0.05, 0.1) is 18.1 Å². The van der Waals surface area contributed by atoms with E-state index < -0.39 is 22.0 Å². The molecule has 0 radical (unpaired) electrons. The summed E-state index contributed by atoms with van der Waals surface area (Å²) in [6.07, 6.45) is 0.253. The van der Waals surface area contributed by atoms with E-state index >= 15 is 0 Å². The predicted molar refractivity (Wildman–Crippen MR) is 181 cm³/mol. The third-order valence-corrected chi connectivity index (χ3v) is 10.3. The predicted octanol–water partition coefficient (Wildman–Crippen LogP) is 5.35. The van der Waals surface area contributed by atoms with Crippen LogP contribution in [0.4, 0.5) is 0 Å². The Hall–Kier alpha value is -3.93. The minimum absolute atomic E-state index is 0.118. The topological polar surface area (TPSA) is 105 Å². The summed E-state index contributed by atoms with van der Waals surface area (Å²) in [6.45, 7) is 1.18. The molecule has 47 heavy (non-hydrogen) atoms. The maximum Gasteiger partial charge on any atom is 0.261 e. The van der Waals surface area contributed by atoms with E-state index in [0.717, 1.165) is 16.7 Å². The van der Waals surface area contributed by atoms with Crippen LogP contribution in [0.5, 0.6) is 5.75 Å². The summed E-state index contributed by atoms with van der Waals surface area (Å²) in [5.41, 5.74) is 2.40. The molecule has 0 unspecified atom stereocenters. The Labute approximate surface area is 285 Å². The highest BCUT2D eigenvalue weighted by atomic mass is 35.5. The highest BCUT2D eigenvalue weighted by molar-refractivity contribution is 7.89. The van der Waals surface area contributed by atoms with Gasteiger partial charge in [0.15, 0.2) is 6.61 Å². The first kappa shape index (κ1) is 34.4. The lowest BCUT2D eigenvalue weighted by molar-refractivity contribution is -0.142. The van der Waals surface area contributed by atoms with Gasteiger partial charge >= 0.3 is 0 Å². The Kier molecular flexibility index (Phi) is 11.9. The number of sulfonamides is 1. The summed E-state index contributed by atoms with van der Waals surface area (Å²) < 4.78 is 38.5. The van der Waals surface area contributed by atoms with Crippen molar-refractivity contribution in [1.82, 2.24) is 14.5 Å². The van der Waals surface area contributed by atoms with Gasteiger partial charge in [-0.3, -0.25) is 9.59 Å². The van der Waals surface area contributed by atoms with Crippen LogP contribution in [0.25, 0.3) is 0 Å². The fourth-order valence-corrected chi connectivity index (χ4v) is 6.89. The highest BCUT2D eigenvalue weighted by Gasteiger charge is 2.31. The molecule has 5 rings (SSSR count). The quantitative estimate of drug-likeness (QED) is 0.202. The van der Waals surface area contributed by atoms with Gasteiger partial charge < -0.3 is 19.7 Å². The van der Waals surface area contributed by atoms with Crippen molar-refractivity contribution in [1.29, 1.82) is 0 Å². The van der Waals surface area contributed by atoms with Crippen LogP contribution < -0.4 is 10.1 Å². The van der Waals surface area contributed by atoms with E-state index in [9.17, 15) is 18.0 Å². The molecule has 0 spiro atoms. The lowest BCUT2D eigenvalue weighted by atomic mass is 10.0. The standard InChI is InChI=1S/C35H35Cl2N3O6S/c36-29-12-10-27(11-13-29)24-40(33(22-26-6-2-1-3-7-26)35(42)38-23-28-8-4-5-9-32(28)37)34(41)25-46-30-14-16-31(17-15-30)47(43,44)39-18-20-45-21-19-39/h1-17,33H,18-25H2,(H,38,42)/t33-/m1/s1. The molecule has 0 aliphatic carbocycles. The fraction of sp³-hybridized carbons (Fsp3) is 0.257. The number of carbonyl (C=O) groups excluding carboxylic acids is 2. The minimum Gasteiger partial charge on any atom is -0.484 e. The Morgan fingerprint density at radius 1 is 0.851 bits per heavy atom. The summed E-state index contributed by atoms with van der Waals surface area (Å²) in [5, 5.41) is 4.04. The Morgan fingerprint density at radius 2 is 1.51 bits per heavy atom. The van der Waals surface area contributed by atoms with Crippen molar-refractivity contribution in [2.45, 2.75) is 30.4 Å². The van der Waals surface area contributed by atoms with Crippen molar-refractivity contribution >= 4 is 45.0 Å². The lowest BCUT2D eigenvalue weighted by Gasteiger charge is -2.31.